The Balaban J connectivity index is 0.879. The molecule has 0 aliphatic carbocycles. The van der Waals surface area contributed by atoms with Crippen molar-refractivity contribution in [3.8, 4) is 0 Å². The van der Waals surface area contributed by atoms with Gasteiger partial charge in [0.15, 0.2) is 0 Å². The monoisotopic (exact) mass is 685 g/mol. The van der Waals surface area contributed by atoms with Gasteiger partial charge in [-0.25, -0.2) is 4.68 Å². The van der Waals surface area contributed by atoms with Crippen LogP contribution in [0.15, 0.2) is 59.5 Å². The van der Waals surface area contributed by atoms with Crippen molar-refractivity contribution in [1.82, 2.24) is 24.9 Å². The predicted molar refractivity (Wildman–Crippen MR) is 193 cm³/mol. The van der Waals surface area contributed by atoms with Crippen molar-refractivity contribution in [3.05, 3.63) is 86.8 Å². The van der Waals surface area contributed by atoms with Gasteiger partial charge in [0.25, 0.3) is 5.56 Å². The first kappa shape index (κ1) is 33.8. The van der Waals surface area contributed by atoms with Gasteiger partial charge in [0, 0.05) is 57.9 Å². The number of carbonyl (C=O) groups excluding carboxylic acids is 2. The average Bonchev–Trinajstić information content (AvgIpc) is 3.10. The normalized spacial score (nSPS) is 25.0. The Morgan fingerprint density at radius 3 is 2.27 bits per heavy atom. The number of nitrogens with one attached hydrogen (secondary N) is 2. The molecule has 1 spiro atoms. The van der Waals surface area contributed by atoms with E-state index in [1.165, 1.54) is 47.2 Å². The number of aromatic nitrogens is 2. The molecule has 10 nitrogen and oxygen atoms in total. The van der Waals surface area contributed by atoms with Crippen molar-refractivity contribution in [2.24, 2.45) is 12.5 Å². The fourth-order valence-electron chi connectivity index (χ4n) is 8.50. The van der Waals surface area contributed by atoms with E-state index in [1.54, 1.807) is 13.2 Å². The van der Waals surface area contributed by atoms with Crippen LogP contribution in [0.3, 0.4) is 0 Å². The van der Waals surface area contributed by atoms with Crippen molar-refractivity contribution in [2.75, 3.05) is 56.5 Å². The molecule has 0 radical (unpaired) electrons. The molecular weight excluding hydrogens is 638 g/mol. The molecule has 4 fully saturated rings. The fourth-order valence-corrected chi connectivity index (χ4v) is 8.73. The van der Waals surface area contributed by atoms with Gasteiger partial charge in [-0.15, -0.1) is 0 Å². The van der Waals surface area contributed by atoms with Gasteiger partial charge >= 0.3 is 0 Å². The van der Waals surface area contributed by atoms with E-state index in [-0.39, 0.29) is 34.4 Å². The highest BCUT2D eigenvalue weighted by atomic mass is 35.5. The molecule has 49 heavy (non-hydrogen) atoms. The summed E-state index contributed by atoms with van der Waals surface area (Å²) in [5.41, 5.74) is 5.69. The molecule has 3 atom stereocenters. The predicted octanol–water partition coefficient (Wildman–Crippen LogP) is 4.74. The number of carbonyl (C=O) groups is 2. The number of imide groups is 1. The number of aryl methyl sites for hydroxylation is 1. The topological polar surface area (TPSA) is 103 Å². The zero-order chi connectivity index (χ0) is 34.1. The largest absolute Gasteiger partial charge is 0.378 e. The minimum atomic E-state index is -0.287. The quantitative estimate of drug-likeness (QED) is 0.344. The maximum Gasteiger partial charge on any atom is 0.287 e. The molecule has 4 aliphatic rings. The SMILES string of the molecule is CN1CC(Nc2cnn(C)c(=O)c2Cl)CC(c2ccc(CN3CCC4(CC3)CCN(c3ccc(C5CCC(=O)NC5=O)cc3)CC4)cc2)C1. The number of hydrogen-bond donors (Lipinski definition) is 2. The molecule has 3 unspecified atom stereocenters. The molecular formula is C38H48ClN7O3. The molecule has 7 rings (SSSR count). The van der Waals surface area contributed by atoms with Crippen LogP contribution >= 0.6 is 11.6 Å². The van der Waals surface area contributed by atoms with Crippen LogP contribution in [-0.2, 0) is 23.2 Å². The molecule has 2 N–H and O–H groups in total. The lowest BCUT2D eigenvalue weighted by molar-refractivity contribution is -0.134. The minimum Gasteiger partial charge on any atom is -0.378 e. The van der Waals surface area contributed by atoms with Crippen LogP contribution in [0, 0.1) is 5.41 Å². The Hall–Kier alpha value is -3.73. The summed E-state index contributed by atoms with van der Waals surface area (Å²) in [7, 11) is 3.75. The van der Waals surface area contributed by atoms with E-state index >= 15 is 0 Å². The van der Waals surface area contributed by atoms with E-state index in [1.807, 2.05) is 0 Å². The number of piperidine rings is 4. The Morgan fingerprint density at radius 1 is 0.898 bits per heavy atom. The second-order valence-electron chi connectivity index (χ2n) is 14.9. The number of benzene rings is 2. The third-order valence-corrected chi connectivity index (χ3v) is 11.9. The number of nitrogens with zero attached hydrogens (tertiary/aromatic N) is 5. The number of hydrogen-bond acceptors (Lipinski definition) is 8. The number of anilines is 2. The minimum absolute atomic E-state index is 0.169. The van der Waals surface area contributed by atoms with Crippen LogP contribution in [0.25, 0.3) is 0 Å². The van der Waals surface area contributed by atoms with Crippen molar-refractivity contribution < 1.29 is 9.59 Å². The smallest absolute Gasteiger partial charge is 0.287 e. The highest BCUT2D eigenvalue weighted by Gasteiger charge is 2.38. The van der Waals surface area contributed by atoms with Gasteiger partial charge in [0.05, 0.1) is 17.8 Å². The highest BCUT2D eigenvalue weighted by molar-refractivity contribution is 6.32. The van der Waals surface area contributed by atoms with E-state index < -0.39 is 0 Å². The van der Waals surface area contributed by atoms with Gasteiger partial charge in [0.2, 0.25) is 11.8 Å². The molecule has 4 saturated heterocycles. The number of likely N-dealkylation sites (tertiary alicyclic amines) is 2. The van der Waals surface area contributed by atoms with Gasteiger partial charge in [-0.3, -0.25) is 24.6 Å². The van der Waals surface area contributed by atoms with Crippen LogP contribution in [0.1, 0.15) is 73.5 Å². The van der Waals surface area contributed by atoms with Crippen molar-refractivity contribution >= 4 is 34.8 Å². The van der Waals surface area contributed by atoms with Crippen molar-refractivity contribution in [2.45, 2.75) is 69.4 Å². The Labute approximate surface area is 293 Å². The second-order valence-corrected chi connectivity index (χ2v) is 15.3. The summed E-state index contributed by atoms with van der Waals surface area (Å²) in [5.74, 6) is -0.177. The van der Waals surface area contributed by atoms with E-state index in [0.29, 0.717) is 29.9 Å². The molecule has 5 heterocycles. The summed E-state index contributed by atoms with van der Waals surface area (Å²) in [5, 5.41) is 10.3. The third-order valence-electron chi connectivity index (χ3n) is 11.6. The first-order valence-electron chi connectivity index (χ1n) is 17.8. The van der Waals surface area contributed by atoms with Crippen LogP contribution in [0.4, 0.5) is 11.4 Å². The first-order chi connectivity index (χ1) is 23.6. The molecule has 260 valence electrons. The summed E-state index contributed by atoms with van der Waals surface area (Å²) in [6, 6.07) is 17.8. The number of halogens is 1. The van der Waals surface area contributed by atoms with Crippen LogP contribution in [0.2, 0.25) is 5.02 Å². The maximum absolute atomic E-state index is 12.3. The summed E-state index contributed by atoms with van der Waals surface area (Å²) in [4.78, 5) is 43.5. The summed E-state index contributed by atoms with van der Waals surface area (Å²) in [6.45, 7) is 7.30. The lowest BCUT2D eigenvalue weighted by atomic mass is 9.71. The van der Waals surface area contributed by atoms with Gasteiger partial charge in [-0.05, 0) is 98.8 Å². The fraction of sp³-hybridized carbons (Fsp3) is 0.526. The number of likely N-dealkylation sites (N-methyl/N-ethyl adjacent to an activating group) is 1. The van der Waals surface area contributed by atoms with E-state index in [2.05, 4.69) is 86.0 Å². The second kappa shape index (κ2) is 14.2. The maximum atomic E-state index is 12.3. The lowest BCUT2D eigenvalue weighted by Gasteiger charge is -2.47. The molecule has 0 bridgehead atoms. The first-order valence-corrected chi connectivity index (χ1v) is 18.2. The summed E-state index contributed by atoms with van der Waals surface area (Å²) in [6.07, 6.45) is 8.55. The molecule has 11 heteroatoms. The standard InChI is InChI=1S/C38H48ClN7O3/c1-43-24-29(21-30(25-43)41-33-22-40-44(2)37(49)35(33)39)27-5-3-26(4-6-27)23-45-17-13-38(14-18-45)15-19-46(20-16-38)31-9-7-28(8-10-31)32-11-12-34(47)42-36(32)48/h3-10,22,29-30,32,41H,11-21,23-25H2,1-2H3,(H,42,47,48). The van der Waals surface area contributed by atoms with E-state index in [4.69, 9.17) is 11.6 Å². The lowest BCUT2D eigenvalue weighted by Crippen LogP contribution is -2.46. The molecule has 0 saturated carbocycles. The van der Waals surface area contributed by atoms with E-state index in [0.717, 1.165) is 57.8 Å². The van der Waals surface area contributed by atoms with E-state index in [9.17, 15) is 14.4 Å². The van der Waals surface area contributed by atoms with Gasteiger partial charge in [0.1, 0.15) is 5.02 Å². The number of rotatable bonds is 7. The van der Waals surface area contributed by atoms with Crippen LogP contribution < -0.4 is 21.1 Å². The molecule has 4 aliphatic heterocycles. The van der Waals surface area contributed by atoms with Crippen molar-refractivity contribution in [3.63, 3.8) is 0 Å². The Morgan fingerprint density at radius 2 is 1.57 bits per heavy atom. The highest BCUT2D eigenvalue weighted by Crippen LogP contribution is 2.42. The van der Waals surface area contributed by atoms with Crippen LogP contribution in [-0.4, -0.2) is 83.8 Å². The van der Waals surface area contributed by atoms with Crippen LogP contribution in [0.5, 0.6) is 0 Å². The van der Waals surface area contributed by atoms with Crippen molar-refractivity contribution in [1.29, 1.82) is 0 Å². The zero-order valence-corrected chi connectivity index (χ0v) is 29.4. The summed E-state index contributed by atoms with van der Waals surface area (Å²) >= 11 is 6.34. The Bertz CT molecular complexity index is 1710. The van der Waals surface area contributed by atoms with Gasteiger partial charge < -0.3 is 15.1 Å². The van der Waals surface area contributed by atoms with Gasteiger partial charge in [-0.1, -0.05) is 48.0 Å². The molecule has 1 aromatic heterocycles. The average molecular weight is 686 g/mol. The molecule has 2 amide bonds. The van der Waals surface area contributed by atoms with Gasteiger partial charge in [-0.2, -0.15) is 5.10 Å². The molecule has 2 aromatic carbocycles. The summed E-state index contributed by atoms with van der Waals surface area (Å²) < 4.78 is 1.26. The Kier molecular flexibility index (Phi) is 9.81. The molecule has 3 aromatic rings. The third kappa shape index (κ3) is 7.56. The zero-order valence-electron chi connectivity index (χ0n) is 28.7. The number of amides is 2.